The molecule has 0 aromatic heterocycles. The number of benzene rings is 2. The molecule has 2 atom stereocenters. The van der Waals surface area contributed by atoms with E-state index in [1.54, 1.807) is 30.3 Å². The summed E-state index contributed by atoms with van der Waals surface area (Å²) < 4.78 is 22.6. The molecular weight excluding hydrogens is 496 g/mol. The first-order valence-corrected chi connectivity index (χ1v) is 11.3. The summed E-state index contributed by atoms with van der Waals surface area (Å²) in [6, 6.07) is 11.0. The molecule has 2 amide bonds. The van der Waals surface area contributed by atoms with Crippen molar-refractivity contribution in [3.8, 4) is 5.75 Å². The highest BCUT2D eigenvalue weighted by molar-refractivity contribution is 9.09. The van der Waals surface area contributed by atoms with Gasteiger partial charge in [0.1, 0.15) is 5.75 Å². The van der Waals surface area contributed by atoms with Gasteiger partial charge in [-0.2, -0.15) is 0 Å². The van der Waals surface area contributed by atoms with Crippen LogP contribution in [0.5, 0.6) is 5.75 Å². The van der Waals surface area contributed by atoms with E-state index in [-0.39, 0.29) is 16.6 Å². The van der Waals surface area contributed by atoms with E-state index in [1.165, 1.54) is 19.2 Å². The van der Waals surface area contributed by atoms with Gasteiger partial charge in [0.15, 0.2) is 11.1 Å². The predicted octanol–water partition coefficient (Wildman–Crippen LogP) is 4.13. The fourth-order valence-electron chi connectivity index (χ4n) is 2.21. The van der Waals surface area contributed by atoms with Gasteiger partial charge < -0.3 is 15.4 Å². The van der Waals surface area contributed by atoms with Crippen LogP contribution in [0, 0.1) is 5.92 Å². The summed E-state index contributed by atoms with van der Waals surface area (Å²) >= 11 is 7.31. The van der Waals surface area contributed by atoms with Crippen LogP contribution >= 0.6 is 27.5 Å². The fourth-order valence-corrected chi connectivity index (χ4v) is 3.62. The van der Waals surface area contributed by atoms with Crippen LogP contribution in [-0.4, -0.2) is 34.7 Å². The van der Waals surface area contributed by atoms with Gasteiger partial charge in [0.2, 0.25) is 5.01 Å². The lowest BCUT2D eigenvalue weighted by atomic mass is 10.1. The minimum atomic E-state index is -1.89. The third kappa shape index (κ3) is 7.09. The number of rotatable bonds is 9. The molecule has 0 heterocycles. The Hall–Kier alpha value is -1.94. The van der Waals surface area contributed by atoms with Crippen molar-refractivity contribution < 1.29 is 22.7 Å². The molecule has 0 saturated carbocycles. The zero-order valence-electron chi connectivity index (χ0n) is 16.6. The van der Waals surface area contributed by atoms with Crippen LogP contribution < -0.4 is 15.4 Å². The third-order valence-electron chi connectivity index (χ3n) is 3.79. The zero-order chi connectivity index (χ0) is 22.3. The third-order valence-corrected chi connectivity index (χ3v) is 5.99. The number of halogens is 2. The fraction of sp³-hybridized carbons (Fsp3) is 0.300. The number of hydrogen-bond donors (Lipinski definition) is 2. The average Bonchev–Trinajstić information content (AvgIpc) is 2.73. The van der Waals surface area contributed by atoms with Crippen molar-refractivity contribution in [3.63, 3.8) is 0 Å². The van der Waals surface area contributed by atoms with E-state index in [0.717, 1.165) is 0 Å². The number of hydrogen-bond acceptors (Lipinski definition) is 5. The largest absolute Gasteiger partial charge is 0.497 e. The average molecular weight is 518 g/mol. The first-order valence-electron chi connectivity index (χ1n) is 8.97. The molecule has 0 radical (unpaired) electrons. The number of nitrogens with one attached hydrogen (secondary N) is 2. The minimum Gasteiger partial charge on any atom is -0.497 e. The maximum absolute atomic E-state index is 12.4. The number of anilines is 1. The number of ether oxygens (including phenoxy) is 1. The Morgan fingerprint density at radius 3 is 2.43 bits per heavy atom. The van der Waals surface area contributed by atoms with E-state index in [4.69, 9.17) is 20.5 Å². The van der Waals surface area contributed by atoms with Crippen molar-refractivity contribution in [3.05, 3.63) is 53.1 Å². The lowest BCUT2D eigenvalue weighted by Crippen LogP contribution is -2.28. The standard InChI is InChI=1S/C20H22BrClN2O5S/c1-12(2)11-23-19(25)13-4-9-16(22)17(10-13)24-20(26)18(21)29-30(27)15-7-5-14(28-3)6-8-15/h4-10,12,18H,11H2,1-3H3,(H,23,25)(H,24,26). The van der Waals surface area contributed by atoms with Crippen LogP contribution in [0.15, 0.2) is 47.4 Å². The maximum Gasteiger partial charge on any atom is 0.266 e. The zero-order valence-corrected chi connectivity index (χ0v) is 19.8. The quantitative estimate of drug-likeness (QED) is 0.488. The van der Waals surface area contributed by atoms with E-state index in [1.807, 2.05) is 13.8 Å². The SMILES string of the molecule is COc1ccc(S(=O)OC(Br)C(=O)Nc2cc(C(=O)NCC(C)C)ccc2Cl)cc1. The van der Waals surface area contributed by atoms with Crippen LogP contribution in [0.25, 0.3) is 0 Å². The summed E-state index contributed by atoms with van der Waals surface area (Å²) in [5, 5.41) is 4.40. The monoisotopic (exact) mass is 516 g/mol. The Bertz CT molecular complexity index is 924. The second kappa shape index (κ2) is 11.5. The van der Waals surface area contributed by atoms with Crippen molar-refractivity contribution in [1.82, 2.24) is 5.32 Å². The maximum atomic E-state index is 12.4. The molecule has 0 aliphatic heterocycles. The summed E-state index contributed by atoms with van der Waals surface area (Å²) in [5.41, 5.74) is 0.589. The summed E-state index contributed by atoms with van der Waals surface area (Å²) in [7, 11) is 1.52. The van der Waals surface area contributed by atoms with E-state index in [2.05, 4.69) is 26.6 Å². The molecule has 30 heavy (non-hydrogen) atoms. The van der Waals surface area contributed by atoms with Gasteiger partial charge in [-0.1, -0.05) is 25.4 Å². The molecule has 0 spiro atoms. The van der Waals surface area contributed by atoms with Gasteiger partial charge in [0.25, 0.3) is 11.8 Å². The Kier molecular flexibility index (Phi) is 9.29. The smallest absolute Gasteiger partial charge is 0.266 e. The molecule has 2 aromatic rings. The Labute approximate surface area is 191 Å². The second-order valence-corrected chi connectivity index (χ2v) is 8.98. The van der Waals surface area contributed by atoms with Crippen LogP contribution in [-0.2, 0) is 20.1 Å². The molecule has 0 fully saturated rings. The highest BCUT2D eigenvalue weighted by atomic mass is 79.9. The molecule has 2 rings (SSSR count). The van der Waals surface area contributed by atoms with E-state index < -0.39 is 22.0 Å². The predicted molar refractivity (Wildman–Crippen MR) is 120 cm³/mol. The second-order valence-electron chi connectivity index (χ2n) is 6.61. The summed E-state index contributed by atoms with van der Waals surface area (Å²) in [6.45, 7) is 4.50. The molecule has 162 valence electrons. The van der Waals surface area contributed by atoms with Crippen molar-refractivity contribution in [2.45, 2.75) is 23.8 Å². The van der Waals surface area contributed by atoms with Gasteiger partial charge in [-0.25, -0.2) is 4.21 Å². The summed E-state index contributed by atoms with van der Waals surface area (Å²) in [6.07, 6.45) is 0. The van der Waals surface area contributed by atoms with E-state index in [0.29, 0.717) is 28.7 Å². The van der Waals surface area contributed by atoms with Crippen molar-refractivity contribution >= 4 is 56.1 Å². The normalized spacial score (nSPS) is 12.9. The first kappa shape index (κ1) is 24.3. The van der Waals surface area contributed by atoms with Gasteiger partial charge in [0.05, 0.1) is 22.7 Å². The summed E-state index contributed by atoms with van der Waals surface area (Å²) in [4.78, 5) is 25.0. The molecular formula is C20H22BrClN2O5S. The molecule has 2 N–H and O–H groups in total. The lowest BCUT2D eigenvalue weighted by molar-refractivity contribution is -0.118. The van der Waals surface area contributed by atoms with Crippen LogP contribution in [0.4, 0.5) is 5.69 Å². The van der Waals surface area contributed by atoms with Gasteiger partial charge in [0, 0.05) is 12.1 Å². The molecule has 10 heteroatoms. The Morgan fingerprint density at radius 1 is 1.17 bits per heavy atom. The highest BCUT2D eigenvalue weighted by Crippen LogP contribution is 2.25. The van der Waals surface area contributed by atoms with Gasteiger partial charge >= 0.3 is 0 Å². The van der Waals surface area contributed by atoms with Gasteiger partial charge in [-0.05, 0) is 64.3 Å². The Morgan fingerprint density at radius 2 is 1.83 bits per heavy atom. The molecule has 0 aliphatic carbocycles. The number of carbonyl (C=O) groups excluding carboxylic acids is 2. The van der Waals surface area contributed by atoms with Crippen LogP contribution in [0.2, 0.25) is 5.02 Å². The summed E-state index contributed by atoms with van der Waals surface area (Å²) in [5.74, 6) is 0.00996. The number of carbonyl (C=O) groups is 2. The van der Waals surface area contributed by atoms with E-state index >= 15 is 0 Å². The van der Waals surface area contributed by atoms with Crippen molar-refractivity contribution in [2.24, 2.45) is 5.92 Å². The molecule has 2 aromatic carbocycles. The Balaban J connectivity index is 2.02. The molecule has 2 unspecified atom stereocenters. The van der Waals surface area contributed by atoms with E-state index in [9.17, 15) is 13.8 Å². The minimum absolute atomic E-state index is 0.238. The molecule has 0 bridgehead atoms. The van der Waals surface area contributed by atoms with Gasteiger partial charge in [-0.15, -0.1) is 0 Å². The first-order chi connectivity index (χ1) is 14.2. The van der Waals surface area contributed by atoms with Crippen LogP contribution in [0.3, 0.4) is 0 Å². The topological polar surface area (TPSA) is 93.7 Å². The molecule has 0 saturated heterocycles. The highest BCUT2D eigenvalue weighted by Gasteiger charge is 2.21. The van der Waals surface area contributed by atoms with Crippen molar-refractivity contribution in [1.29, 1.82) is 0 Å². The van der Waals surface area contributed by atoms with Crippen LogP contribution in [0.1, 0.15) is 24.2 Å². The van der Waals surface area contributed by atoms with Gasteiger partial charge in [-0.3, -0.25) is 13.8 Å². The number of amides is 2. The lowest BCUT2D eigenvalue weighted by Gasteiger charge is -2.14. The molecule has 0 aliphatic rings. The number of methoxy groups -OCH3 is 1. The molecule has 7 nitrogen and oxygen atoms in total. The van der Waals surface area contributed by atoms with Crippen molar-refractivity contribution in [2.75, 3.05) is 19.0 Å². The number of alkyl halides is 1.